The van der Waals surface area contributed by atoms with E-state index in [1.54, 1.807) is 0 Å². The van der Waals surface area contributed by atoms with E-state index in [0.717, 1.165) is 64.2 Å². The number of carbonyl (C=O) groups is 1. The van der Waals surface area contributed by atoms with Crippen LogP contribution in [0.5, 0.6) is 0 Å². The second-order valence-electron chi connectivity index (χ2n) is 17.5. The lowest BCUT2D eigenvalue weighted by Gasteiger charge is -2.41. The van der Waals surface area contributed by atoms with Gasteiger partial charge in [-0.2, -0.15) is 8.42 Å². The standard InChI is InChI=1S/C48H91NO12S/c1-3-5-7-9-11-13-15-17-19-20-21-23-25-27-29-31-33-35-37-42(52)47(55)49-40(39-59-48-45(54)46(61-62(56,57)58)44(53)43(38-50)60-48)41(51)36-34-32-30-28-26-24-22-18-16-14-12-10-8-6-4-2/h20-21,34,36,40-46,48,50-54H,3-19,22-33,35,37-39H2,1-2H3,(H,49,55)(H,56,57,58)/b21-20-,36-34+. The fraction of sp³-hybridized carbons (Fsp3) is 0.896. The second-order valence-corrected chi connectivity index (χ2v) is 18.6. The summed E-state index contributed by atoms with van der Waals surface area (Å²) in [5.41, 5.74) is 0. The van der Waals surface area contributed by atoms with Crippen LogP contribution in [0.25, 0.3) is 0 Å². The van der Waals surface area contributed by atoms with Gasteiger partial charge in [-0.3, -0.25) is 9.35 Å². The van der Waals surface area contributed by atoms with Crippen LogP contribution in [-0.2, 0) is 28.9 Å². The summed E-state index contributed by atoms with van der Waals surface area (Å²) in [5, 5.41) is 55.3. The average molecular weight is 906 g/mol. The molecule has 0 radical (unpaired) electrons. The van der Waals surface area contributed by atoms with Crippen molar-refractivity contribution in [2.45, 2.75) is 262 Å². The van der Waals surface area contributed by atoms with Gasteiger partial charge in [0.2, 0.25) is 5.91 Å². The number of hydrogen-bond donors (Lipinski definition) is 7. The molecule has 1 aliphatic rings. The smallest absolute Gasteiger partial charge is 0.394 e. The number of nitrogens with one attached hydrogen (secondary N) is 1. The Hall–Kier alpha value is -1.46. The molecule has 1 saturated heterocycles. The first-order valence-corrected chi connectivity index (χ1v) is 26.2. The van der Waals surface area contributed by atoms with Gasteiger partial charge in [0.15, 0.2) is 6.29 Å². The van der Waals surface area contributed by atoms with Crippen molar-refractivity contribution in [3.8, 4) is 0 Å². The van der Waals surface area contributed by atoms with Gasteiger partial charge in [0.1, 0.15) is 30.5 Å². The predicted molar refractivity (Wildman–Crippen MR) is 247 cm³/mol. The zero-order valence-electron chi connectivity index (χ0n) is 38.8. The highest BCUT2D eigenvalue weighted by atomic mass is 32.3. The third-order valence-electron chi connectivity index (χ3n) is 11.8. The van der Waals surface area contributed by atoms with E-state index in [4.69, 9.17) is 9.47 Å². The summed E-state index contributed by atoms with van der Waals surface area (Å²) < 4.78 is 47.6. The Bertz CT molecular complexity index is 1220. The number of aliphatic hydroxyl groups is 5. The normalized spacial score (nSPS) is 21.2. The number of unbranched alkanes of at least 4 members (excludes halogenated alkanes) is 27. The molecule has 0 aromatic carbocycles. The van der Waals surface area contributed by atoms with Gasteiger partial charge in [-0.15, -0.1) is 0 Å². The summed E-state index contributed by atoms with van der Waals surface area (Å²) in [5.74, 6) is -0.706. The molecule has 14 heteroatoms. The molecule has 366 valence electrons. The van der Waals surface area contributed by atoms with Crippen LogP contribution in [0.3, 0.4) is 0 Å². The van der Waals surface area contributed by atoms with E-state index in [-0.39, 0.29) is 6.42 Å². The first kappa shape index (κ1) is 58.6. The van der Waals surface area contributed by atoms with Gasteiger partial charge in [0.05, 0.1) is 25.4 Å². The average Bonchev–Trinajstić information content (AvgIpc) is 3.24. The molecular formula is C48H91NO12S. The molecule has 62 heavy (non-hydrogen) atoms. The van der Waals surface area contributed by atoms with Gasteiger partial charge >= 0.3 is 10.4 Å². The van der Waals surface area contributed by atoms with E-state index >= 15 is 0 Å². The monoisotopic (exact) mass is 906 g/mol. The van der Waals surface area contributed by atoms with E-state index in [9.17, 15) is 43.3 Å². The van der Waals surface area contributed by atoms with Crippen molar-refractivity contribution in [1.29, 1.82) is 0 Å². The SMILES string of the molecule is CCCCCCCCCC/C=C\CCCCCCCCC(O)C(=O)NC(COC1OC(CO)C(O)C(OS(=O)(=O)O)C1O)C(O)/C=C/CCCCCCCCCCCCCCC. The molecule has 1 aliphatic heterocycles. The summed E-state index contributed by atoms with van der Waals surface area (Å²) in [6.07, 6.45) is 32.5. The molecule has 1 fully saturated rings. The summed E-state index contributed by atoms with van der Waals surface area (Å²) in [4.78, 5) is 13.1. The van der Waals surface area contributed by atoms with Gasteiger partial charge in [-0.1, -0.05) is 192 Å². The van der Waals surface area contributed by atoms with Crippen molar-refractivity contribution in [1.82, 2.24) is 5.32 Å². The topological polar surface area (TPSA) is 212 Å². The Morgan fingerprint density at radius 3 is 1.50 bits per heavy atom. The molecule has 0 aliphatic carbocycles. The van der Waals surface area contributed by atoms with Gasteiger partial charge in [0, 0.05) is 0 Å². The Morgan fingerprint density at radius 2 is 1.06 bits per heavy atom. The lowest BCUT2D eigenvalue weighted by molar-refractivity contribution is -0.298. The van der Waals surface area contributed by atoms with E-state index < -0.39 is 78.5 Å². The minimum absolute atomic E-state index is 0.237. The Balaban J connectivity index is 2.55. The first-order chi connectivity index (χ1) is 29.9. The Kier molecular flexibility index (Phi) is 36.6. The maximum Gasteiger partial charge on any atom is 0.397 e. The number of hydrogen-bond acceptors (Lipinski definition) is 11. The minimum Gasteiger partial charge on any atom is -0.394 e. The highest BCUT2D eigenvalue weighted by molar-refractivity contribution is 7.80. The van der Waals surface area contributed by atoms with Crippen molar-refractivity contribution in [2.24, 2.45) is 0 Å². The summed E-state index contributed by atoms with van der Waals surface area (Å²) >= 11 is 0. The number of allylic oxidation sites excluding steroid dienone is 3. The molecule has 0 aromatic heterocycles. The molecule has 1 amide bonds. The van der Waals surface area contributed by atoms with Crippen LogP contribution in [0, 0.1) is 0 Å². The van der Waals surface area contributed by atoms with Gasteiger partial charge in [0.25, 0.3) is 0 Å². The Labute approximate surface area is 376 Å². The van der Waals surface area contributed by atoms with Crippen molar-refractivity contribution in [2.75, 3.05) is 13.2 Å². The molecule has 13 nitrogen and oxygen atoms in total. The highest BCUT2D eigenvalue weighted by Crippen LogP contribution is 2.26. The number of rotatable bonds is 42. The van der Waals surface area contributed by atoms with Gasteiger partial charge < -0.3 is 40.3 Å². The first-order valence-electron chi connectivity index (χ1n) is 24.8. The lowest BCUT2D eigenvalue weighted by Crippen LogP contribution is -2.61. The molecule has 7 N–H and O–H groups in total. The van der Waals surface area contributed by atoms with Gasteiger partial charge in [-0.05, 0) is 44.9 Å². The van der Waals surface area contributed by atoms with E-state index in [2.05, 4.69) is 35.5 Å². The maximum absolute atomic E-state index is 13.1. The van der Waals surface area contributed by atoms with Crippen LogP contribution in [0.2, 0.25) is 0 Å². The molecule has 0 saturated carbocycles. The quantitative estimate of drug-likeness (QED) is 0.0174. The third kappa shape index (κ3) is 30.6. The molecule has 1 heterocycles. The summed E-state index contributed by atoms with van der Waals surface area (Å²) in [6.45, 7) is 3.22. The summed E-state index contributed by atoms with van der Waals surface area (Å²) in [6, 6.07) is -1.12. The molecule has 8 atom stereocenters. The molecule has 0 aromatic rings. The third-order valence-corrected chi connectivity index (χ3v) is 12.3. The number of amides is 1. The van der Waals surface area contributed by atoms with Crippen molar-refractivity contribution >= 4 is 16.3 Å². The van der Waals surface area contributed by atoms with Crippen LogP contribution < -0.4 is 5.32 Å². The van der Waals surface area contributed by atoms with Crippen LogP contribution in [0.1, 0.15) is 213 Å². The zero-order valence-corrected chi connectivity index (χ0v) is 39.6. The van der Waals surface area contributed by atoms with Crippen molar-refractivity contribution in [3.05, 3.63) is 24.3 Å². The zero-order chi connectivity index (χ0) is 45.7. The number of ether oxygens (including phenoxy) is 2. The molecule has 8 unspecified atom stereocenters. The van der Waals surface area contributed by atoms with Crippen LogP contribution >= 0.6 is 0 Å². The maximum atomic E-state index is 13.1. The fourth-order valence-corrected chi connectivity index (χ4v) is 8.38. The van der Waals surface area contributed by atoms with Gasteiger partial charge in [-0.25, -0.2) is 4.18 Å². The predicted octanol–water partition coefficient (Wildman–Crippen LogP) is 9.08. The fourth-order valence-electron chi connectivity index (χ4n) is 7.87. The number of carbonyl (C=O) groups excluding carboxylic acids is 1. The van der Waals surface area contributed by atoms with Crippen LogP contribution in [0.4, 0.5) is 0 Å². The van der Waals surface area contributed by atoms with Crippen LogP contribution in [-0.4, -0.2) is 107 Å². The molecule has 0 bridgehead atoms. The van der Waals surface area contributed by atoms with E-state index in [1.807, 2.05) is 6.08 Å². The lowest BCUT2D eigenvalue weighted by atomic mass is 9.99. The highest BCUT2D eigenvalue weighted by Gasteiger charge is 2.48. The molecule has 1 rings (SSSR count). The van der Waals surface area contributed by atoms with E-state index in [0.29, 0.717) is 12.8 Å². The van der Waals surface area contributed by atoms with E-state index in [1.165, 1.54) is 122 Å². The summed E-state index contributed by atoms with van der Waals surface area (Å²) in [7, 11) is -5.12. The van der Waals surface area contributed by atoms with Crippen molar-refractivity contribution in [3.63, 3.8) is 0 Å². The van der Waals surface area contributed by atoms with Crippen molar-refractivity contribution < 1.29 is 57.0 Å². The second kappa shape index (κ2) is 38.8. The molecular weight excluding hydrogens is 815 g/mol. The number of aliphatic hydroxyl groups excluding tert-OH is 5. The minimum atomic E-state index is -5.12. The molecule has 0 spiro atoms. The largest absolute Gasteiger partial charge is 0.397 e. The van der Waals surface area contributed by atoms with Crippen LogP contribution in [0.15, 0.2) is 24.3 Å². The Morgan fingerprint density at radius 1 is 0.645 bits per heavy atom.